The van der Waals surface area contributed by atoms with E-state index in [1.165, 1.54) is 32.1 Å². The molecule has 0 spiro atoms. The maximum Gasteiger partial charge on any atom is 0.315 e. The summed E-state index contributed by atoms with van der Waals surface area (Å²) in [5, 5.41) is 15.0. The average Bonchev–Trinajstić information content (AvgIpc) is 2.89. The van der Waals surface area contributed by atoms with Gasteiger partial charge in [-0.25, -0.2) is 4.79 Å². The SMILES string of the molecule is CCNC(=O)NCc1ccc(C2O[C@H](CN3CCCCCCC3)C[C@H](c3ccc(CO)cc3)O2)cc1. The van der Waals surface area contributed by atoms with Crippen molar-refractivity contribution >= 4 is 6.03 Å². The molecule has 3 N–H and O–H groups in total. The molecule has 7 heteroatoms. The Morgan fingerprint density at radius 3 is 2.19 bits per heavy atom. The number of likely N-dealkylation sites (tertiary alicyclic amines) is 1. The molecule has 2 aliphatic heterocycles. The first kappa shape index (κ1) is 26.6. The van der Waals surface area contributed by atoms with Gasteiger partial charge >= 0.3 is 6.03 Å². The molecule has 0 saturated carbocycles. The summed E-state index contributed by atoms with van der Waals surface area (Å²) in [6, 6.07) is 16.0. The number of carbonyl (C=O) groups is 1. The van der Waals surface area contributed by atoms with Crippen LogP contribution in [0, 0.1) is 0 Å². The van der Waals surface area contributed by atoms with Crippen molar-refractivity contribution in [3.8, 4) is 0 Å². The van der Waals surface area contributed by atoms with Gasteiger partial charge in [-0.05, 0) is 49.5 Å². The molecular formula is C29H41N3O4. The van der Waals surface area contributed by atoms with Gasteiger partial charge in [0.15, 0.2) is 6.29 Å². The molecule has 2 fully saturated rings. The standard InChI is InChI=1S/C29H41N3O4/c1-2-30-29(34)31-19-22-8-14-25(15-9-22)28-35-26(20-32-16-6-4-3-5-7-17-32)18-27(36-28)24-12-10-23(21-33)11-13-24/h8-15,26-28,33H,2-7,16-21H2,1H3,(H2,30,31,34)/t26-,27+,28?/m0/s1. The van der Waals surface area contributed by atoms with E-state index in [1.54, 1.807) is 0 Å². The van der Waals surface area contributed by atoms with Gasteiger partial charge in [-0.3, -0.25) is 0 Å². The second-order valence-corrected chi connectivity index (χ2v) is 9.87. The highest BCUT2D eigenvalue weighted by Crippen LogP contribution is 2.38. The van der Waals surface area contributed by atoms with Gasteiger partial charge in [0.2, 0.25) is 0 Å². The van der Waals surface area contributed by atoms with E-state index >= 15 is 0 Å². The minimum atomic E-state index is -0.452. The fraction of sp³-hybridized carbons (Fsp3) is 0.552. The van der Waals surface area contributed by atoms with Crippen LogP contribution in [0.4, 0.5) is 4.79 Å². The largest absolute Gasteiger partial charge is 0.392 e. The van der Waals surface area contributed by atoms with Crippen LogP contribution in [-0.2, 0) is 22.6 Å². The van der Waals surface area contributed by atoms with Gasteiger partial charge in [0, 0.05) is 31.6 Å². The van der Waals surface area contributed by atoms with Gasteiger partial charge in [-0.2, -0.15) is 0 Å². The van der Waals surface area contributed by atoms with E-state index < -0.39 is 6.29 Å². The van der Waals surface area contributed by atoms with E-state index in [2.05, 4.69) is 27.7 Å². The van der Waals surface area contributed by atoms with E-state index in [9.17, 15) is 9.90 Å². The van der Waals surface area contributed by atoms with E-state index in [1.807, 2.05) is 43.3 Å². The molecule has 0 aromatic heterocycles. The summed E-state index contributed by atoms with van der Waals surface area (Å²) < 4.78 is 13.0. The maximum atomic E-state index is 11.7. The monoisotopic (exact) mass is 495 g/mol. The molecule has 2 amide bonds. The molecule has 3 atom stereocenters. The van der Waals surface area contributed by atoms with Crippen LogP contribution in [0.2, 0.25) is 0 Å². The van der Waals surface area contributed by atoms with Crippen LogP contribution in [0.15, 0.2) is 48.5 Å². The lowest BCUT2D eigenvalue weighted by Crippen LogP contribution is -2.40. The van der Waals surface area contributed by atoms with Gasteiger partial charge in [0.1, 0.15) is 0 Å². The molecule has 0 aliphatic carbocycles. The molecule has 2 aromatic rings. The summed E-state index contributed by atoms with van der Waals surface area (Å²) in [5.41, 5.74) is 4.01. The third-order valence-corrected chi connectivity index (χ3v) is 7.07. The molecule has 0 bridgehead atoms. The van der Waals surface area contributed by atoms with Gasteiger partial charge in [-0.15, -0.1) is 0 Å². The van der Waals surface area contributed by atoms with Gasteiger partial charge in [0.25, 0.3) is 0 Å². The summed E-state index contributed by atoms with van der Waals surface area (Å²) in [5.74, 6) is 0. The Labute approximate surface area is 215 Å². The van der Waals surface area contributed by atoms with Crippen molar-refractivity contribution in [3.63, 3.8) is 0 Å². The predicted molar refractivity (Wildman–Crippen MR) is 140 cm³/mol. The number of benzene rings is 2. The molecule has 36 heavy (non-hydrogen) atoms. The van der Waals surface area contributed by atoms with Crippen LogP contribution in [0.25, 0.3) is 0 Å². The van der Waals surface area contributed by atoms with Crippen molar-refractivity contribution in [1.82, 2.24) is 15.5 Å². The molecule has 2 heterocycles. The predicted octanol–water partition coefficient (Wildman–Crippen LogP) is 4.81. The van der Waals surface area contributed by atoms with Crippen molar-refractivity contribution in [2.75, 3.05) is 26.2 Å². The normalized spacial score (nSPS) is 23.4. The maximum absolute atomic E-state index is 11.7. The smallest absolute Gasteiger partial charge is 0.315 e. The Hall–Kier alpha value is -2.45. The molecule has 4 rings (SSSR count). The lowest BCUT2D eigenvalue weighted by molar-refractivity contribution is -0.253. The quantitative estimate of drug-likeness (QED) is 0.490. The fourth-order valence-corrected chi connectivity index (χ4v) is 5.01. The number of rotatable bonds is 8. The second kappa shape index (κ2) is 13.7. The number of amides is 2. The summed E-state index contributed by atoms with van der Waals surface area (Å²) in [4.78, 5) is 14.3. The number of urea groups is 1. The van der Waals surface area contributed by atoms with Crippen LogP contribution in [0.3, 0.4) is 0 Å². The summed E-state index contributed by atoms with van der Waals surface area (Å²) in [6.45, 7) is 6.19. The van der Waals surface area contributed by atoms with Crippen molar-refractivity contribution in [3.05, 3.63) is 70.8 Å². The first-order chi connectivity index (χ1) is 17.6. The molecule has 196 valence electrons. The molecular weight excluding hydrogens is 454 g/mol. The molecule has 2 aliphatic rings. The number of aliphatic hydroxyl groups is 1. The zero-order valence-electron chi connectivity index (χ0n) is 21.5. The van der Waals surface area contributed by atoms with Crippen LogP contribution < -0.4 is 10.6 Å². The molecule has 7 nitrogen and oxygen atoms in total. The Kier molecular flexibility index (Phi) is 10.2. The third kappa shape index (κ3) is 7.77. The van der Waals surface area contributed by atoms with Crippen molar-refractivity contribution < 1.29 is 19.4 Å². The molecule has 1 unspecified atom stereocenters. The molecule has 0 radical (unpaired) electrons. The van der Waals surface area contributed by atoms with Crippen LogP contribution in [0.1, 0.15) is 80.1 Å². The summed E-state index contributed by atoms with van der Waals surface area (Å²) >= 11 is 0. The third-order valence-electron chi connectivity index (χ3n) is 7.07. The lowest BCUT2D eigenvalue weighted by Gasteiger charge is -2.38. The minimum absolute atomic E-state index is 0.0381. The topological polar surface area (TPSA) is 83.1 Å². The zero-order valence-corrected chi connectivity index (χ0v) is 21.5. The lowest BCUT2D eigenvalue weighted by atomic mass is 9.99. The Balaban J connectivity index is 1.46. The van der Waals surface area contributed by atoms with Crippen LogP contribution in [0.5, 0.6) is 0 Å². The van der Waals surface area contributed by atoms with E-state index in [0.29, 0.717) is 13.1 Å². The summed E-state index contributed by atoms with van der Waals surface area (Å²) in [7, 11) is 0. The number of hydrogen-bond donors (Lipinski definition) is 3. The highest BCUT2D eigenvalue weighted by atomic mass is 16.7. The number of aliphatic hydroxyl groups excluding tert-OH is 1. The van der Waals surface area contributed by atoms with Crippen LogP contribution in [-0.4, -0.2) is 48.3 Å². The molecule has 2 aromatic carbocycles. The van der Waals surface area contributed by atoms with E-state index in [4.69, 9.17) is 9.47 Å². The van der Waals surface area contributed by atoms with Gasteiger partial charge < -0.3 is 30.1 Å². The van der Waals surface area contributed by atoms with Crippen molar-refractivity contribution in [2.24, 2.45) is 0 Å². The minimum Gasteiger partial charge on any atom is -0.392 e. The highest BCUT2D eigenvalue weighted by molar-refractivity contribution is 5.73. The number of nitrogens with one attached hydrogen (secondary N) is 2. The van der Waals surface area contributed by atoms with Gasteiger partial charge in [-0.1, -0.05) is 67.8 Å². The first-order valence-electron chi connectivity index (χ1n) is 13.5. The van der Waals surface area contributed by atoms with E-state index in [-0.39, 0.29) is 24.8 Å². The average molecular weight is 496 g/mol. The van der Waals surface area contributed by atoms with Crippen LogP contribution >= 0.6 is 0 Å². The highest BCUT2D eigenvalue weighted by Gasteiger charge is 2.33. The Morgan fingerprint density at radius 1 is 0.889 bits per heavy atom. The number of nitrogens with zero attached hydrogens (tertiary/aromatic N) is 1. The number of carbonyl (C=O) groups excluding carboxylic acids is 1. The summed E-state index contributed by atoms with van der Waals surface area (Å²) in [6.07, 6.45) is 6.84. The van der Waals surface area contributed by atoms with Crippen molar-refractivity contribution in [2.45, 2.75) is 77.1 Å². The number of hydrogen-bond acceptors (Lipinski definition) is 5. The zero-order chi connectivity index (χ0) is 25.2. The van der Waals surface area contributed by atoms with Crippen molar-refractivity contribution in [1.29, 1.82) is 0 Å². The Morgan fingerprint density at radius 2 is 1.53 bits per heavy atom. The van der Waals surface area contributed by atoms with Gasteiger partial charge in [0.05, 0.1) is 18.8 Å². The number of ether oxygens (including phenoxy) is 2. The second-order valence-electron chi connectivity index (χ2n) is 9.87. The molecule has 2 saturated heterocycles. The van der Waals surface area contributed by atoms with E-state index in [0.717, 1.165) is 48.3 Å². The Bertz CT molecular complexity index is 927. The first-order valence-corrected chi connectivity index (χ1v) is 13.5. The fourth-order valence-electron chi connectivity index (χ4n) is 5.01.